The minimum absolute atomic E-state index is 0.119. The van der Waals surface area contributed by atoms with Gasteiger partial charge in [-0.1, -0.05) is 39.7 Å². The number of rotatable bonds is 4. The van der Waals surface area contributed by atoms with Crippen LogP contribution in [0.5, 0.6) is 5.75 Å². The zero-order valence-electron chi connectivity index (χ0n) is 16.1. The average Bonchev–Trinajstić information content (AvgIpc) is 3.43. The number of hydrazone groups is 1. The van der Waals surface area contributed by atoms with Gasteiger partial charge in [0.2, 0.25) is 0 Å². The minimum atomic E-state index is -0.556. The number of allylic oxidation sites excluding steroid dienone is 2. The van der Waals surface area contributed by atoms with E-state index in [-0.39, 0.29) is 41.2 Å². The van der Waals surface area contributed by atoms with Crippen molar-refractivity contribution >= 4 is 51.5 Å². The van der Waals surface area contributed by atoms with Crippen LogP contribution in [0.25, 0.3) is 0 Å². The standard InChI is InChI=1S/C23H16BrClN2O4/c24-16-5-8-18(31-23(30)12-3-6-17(25)7-4-12)15(10-16)11-26-27-21(28)19-13-1-2-14(9-13)20(19)22(27)29/h1-8,10-11,13-14,19-20H,9H2. The number of ether oxygens (including phenoxy) is 1. The molecular formula is C23H16BrClN2O4. The molecule has 156 valence electrons. The molecule has 1 aliphatic heterocycles. The average molecular weight is 500 g/mol. The van der Waals surface area contributed by atoms with Gasteiger partial charge >= 0.3 is 5.97 Å². The van der Waals surface area contributed by atoms with Gasteiger partial charge in [-0.05, 0) is 60.7 Å². The van der Waals surface area contributed by atoms with Crippen LogP contribution in [-0.2, 0) is 9.59 Å². The van der Waals surface area contributed by atoms with E-state index in [1.165, 1.54) is 6.21 Å². The number of amides is 2. The third kappa shape index (κ3) is 3.51. The molecule has 2 aliphatic carbocycles. The number of halogens is 2. The molecule has 2 aromatic rings. The Morgan fingerprint density at radius 3 is 2.35 bits per heavy atom. The fourth-order valence-corrected chi connectivity index (χ4v) is 5.08. The number of esters is 1. The molecule has 0 N–H and O–H groups in total. The molecule has 2 fully saturated rings. The molecule has 3 aliphatic rings. The van der Waals surface area contributed by atoms with Crippen LogP contribution in [0.4, 0.5) is 0 Å². The van der Waals surface area contributed by atoms with Gasteiger partial charge < -0.3 is 4.74 Å². The molecule has 1 saturated carbocycles. The Bertz CT molecular complexity index is 1130. The fourth-order valence-electron chi connectivity index (χ4n) is 4.58. The van der Waals surface area contributed by atoms with E-state index in [2.05, 4.69) is 21.0 Å². The number of fused-ring (bicyclic) bond motifs is 5. The number of hydrogen-bond acceptors (Lipinski definition) is 5. The molecule has 0 aromatic heterocycles. The van der Waals surface area contributed by atoms with E-state index in [9.17, 15) is 14.4 Å². The maximum atomic E-state index is 12.8. The summed E-state index contributed by atoms with van der Waals surface area (Å²) in [5.74, 6) is -1.22. The highest BCUT2D eigenvalue weighted by atomic mass is 79.9. The molecule has 1 heterocycles. The highest BCUT2D eigenvalue weighted by Crippen LogP contribution is 2.52. The molecule has 2 bridgehead atoms. The van der Waals surface area contributed by atoms with Crippen LogP contribution in [0.15, 0.2) is 64.2 Å². The summed E-state index contributed by atoms with van der Waals surface area (Å²) >= 11 is 9.25. The van der Waals surface area contributed by atoms with Crippen LogP contribution >= 0.6 is 27.5 Å². The summed E-state index contributed by atoms with van der Waals surface area (Å²) in [4.78, 5) is 38.1. The first-order chi connectivity index (χ1) is 14.9. The lowest BCUT2D eigenvalue weighted by molar-refractivity contribution is -0.140. The Morgan fingerprint density at radius 1 is 1.06 bits per heavy atom. The number of hydrogen-bond donors (Lipinski definition) is 0. The summed E-state index contributed by atoms with van der Waals surface area (Å²) in [6.45, 7) is 0. The summed E-state index contributed by atoms with van der Waals surface area (Å²) in [6, 6.07) is 11.4. The first-order valence-electron chi connectivity index (χ1n) is 9.80. The Morgan fingerprint density at radius 2 is 1.71 bits per heavy atom. The van der Waals surface area contributed by atoms with Crippen LogP contribution < -0.4 is 4.74 Å². The van der Waals surface area contributed by atoms with E-state index >= 15 is 0 Å². The second kappa shape index (κ2) is 7.73. The molecule has 2 aromatic carbocycles. The van der Waals surface area contributed by atoms with E-state index in [0.29, 0.717) is 16.1 Å². The van der Waals surface area contributed by atoms with Gasteiger partial charge in [0.1, 0.15) is 5.75 Å². The molecule has 31 heavy (non-hydrogen) atoms. The monoisotopic (exact) mass is 498 g/mol. The van der Waals surface area contributed by atoms with Crippen molar-refractivity contribution in [2.45, 2.75) is 6.42 Å². The highest BCUT2D eigenvalue weighted by Gasteiger charge is 2.59. The molecule has 4 atom stereocenters. The number of imide groups is 1. The van der Waals surface area contributed by atoms with Gasteiger partial charge in [0.05, 0.1) is 23.6 Å². The van der Waals surface area contributed by atoms with Crippen molar-refractivity contribution in [3.8, 4) is 5.75 Å². The molecule has 2 amide bonds. The highest BCUT2D eigenvalue weighted by molar-refractivity contribution is 9.10. The van der Waals surface area contributed by atoms with Crippen molar-refractivity contribution in [2.24, 2.45) is 28.8 Å². The summed E-state index contributed by atoms with van der Waals surface area (Å²) < 4.78 is 6.26. The van der Waals surface area contributed by atoms with E-state index in [0.717, 1.165) is 15.9 Å². The van der Waals surface area contributed by atoms with Crippen molar-refractivity contribution in [3.63, 3.8) is 0 Å². The molecule has 6 nitrogen and oxygen atoms in total. The Hall–Kier alpha value is -2.77. The SMILES string of the molecule is O=C(Oc1ccc(Br)cc1C=NN1C(=O)C2C3C=CC(C3)C2C1=O)c1ccc(Cl)cc1. The minimum Gasteiger partial charge on any atom is -0.422 e. The van der Waals surface area contributed by atoms with Crippen molar-refractivity contribution in [2.75, 3.05) is 0 Å². The molecular weight excluding hydrogens is 484 g/mol. The Balaban J connectivity index is 1.38. The molecule has 4 unspecified atom stereocenters. The lowest BCUT2D eigenvalue weighted by Gasteiger charge is -2.13. The van der Waals surface area contributed by atoms with Gasteiger partial charge in [-0.3, -0.25) is 9.59 Å². The number of benzene rings is 2. The molecule has 8 heteroatoms. The van der Waals surface area contributed by atoms with Gasteiger partial charge in [-0.15, -0.1) is 0 Å². The van der Waals surface area contributed by atoms with Gasteiger partial charge in [0.15, 0.2) is 0 Å². The van der Waals surface area contributed by atoms with E-state index in [1.54, 1.807) is 42.5 Å². The summed E-state index contributed by atoms with van der Waals surface area (Å²) in [5, 5.41) is 5.66. The molecule has 5 rings (SSSR count). The zero-order valence-corrected chi connectivity index (χ0v) is 18.4. The van der Waals surface area contributed by atoms with Crippen LogP contribution in [0.3, 0.4) is 0 Å². The number of carbonyl (C=O) groups excluding carboxylic acids is 3. The number of nitrogens with zero attached hydrogens (tertiary/aromatic N) is 2. The van der Waals surface area contributed by atoms with Crippen LogP contribution in [0, 0.1) is 23.7 Å². The largest absolute Gasteiger partial charge is 0.422 e. The third-order valence-electron chi connectivity index (χ3n) is 6.01. The molecule has 0 radical (unpaired) electrons. The Labute approximate surface area is 191 Å². The fraction of sp³-hybridized carbons (Fsp3) is 0.217. The first kappa shape index (κ1) is 20.2. The number of carbonyl (C=O) groups is 3. The van der Waals surface area contributed by atoms with Crippen molar-refractivity contribution in [3.05, 3.63) is 75.2 Å². The maximum Gasteiger partial charge on any atom is 0.343 e. The predicted molar refractivity (Wildman–Crippen MR) is 118 cm³/mol. The second-order valence-corrected chi connectivity index (χ2v) is 9.16. The molecule has 1 saturated heterocycles. The van der Waals surface area contributed by atoms with Crippen molar-refractivity contribution < 1.29 is 19.1 Å². The first-order valence-corrected chi connectivity index (χ1v) is 11.0. The van der Waals surface area contributed by atoms with Gasteiger partial charge in [-0.25, -0.2) is 4.79 Å². The maximum absolute atomic E-state index is 12.8. The summed E-state index contributed by atoms with van der Waals surface area (Å²) in [6.07, 6.45) is 6.31. The van der Waals surface area contributed by atoms with E-state index in [4.69, 9.17) is 16.3 Å². The van der Waals surface area contributed by atoms with E-state index < -0.39 is 5.97 Å². The van der Waals surface area contributed by atoms with Crippen LogP contribution in [0.1, 0.15) is 22.3 Å². The lowest BCUT2D eigenvalue weighted by Crippen LogP contribution is -2.28. The lowest BCUT2D eigenvalue weighted by atomic mass is 9.85. The van der Waals surface area contributed by atoms with Crippen molar-refractivity contribution in [1.29, 1.82) is 0 Å². The summed E-state index contributed by atoms with van der Waals surface area (Å²) in [5.41, 5.74) is 0.798. The summed E-state index contributed by atoms with van der Waals surface area (Å²) in [7, 11) is 0. The van der Waals surface area contributed by atoms with E-state index in [1.807, 2.05) is 12.2 Å². The van der Waals surface area contributed by atoms with Crippen LogP contribution in [0.2, 0.25) is 5.02 Å². The van der Waals surface area contributed by atoms with Gasteiger partial charge in [0.25, 0.3) is 11.8 Å². The smallest absolute Gasteiger partial charge is 0.343 e. The Kier molecular flexibility index (Phi) is 5.02. The second-order valence-electron chi connectivity index (χ2n) is 7.81. The quantitative estimate of drug-likeness (QED) is 0.205. The van der Waals surface area contributed by atoms with Crippen molar-refractivity contribution in [1.82, 2.24) is 5.01 Å². The zero-order chi connectivity index (χ0) is 21.7. The topological polar surface area (TPSA) is 76.0 Å². The molecule has 0 spiro atoms. The normalized spacial score (nSPS) is 26.2. The predicted octanol–water partition coefficient (Wildman–Crippen LogP) is 4.46. The van der Waals surface area contributed by atoms with Crippen LogP contribution in [-0.4, -0.2) is 29.0 Å². The van der Waals surface area contributed by atoms with Gasteiger partial charge in [-0.2, -0.15) is 10.1 Å². The third-order valence-corrected chi connectivity index (χ3v) is 6.76. The van der Waals surface area contributed by atoms with Gasteiger partial charge in [0, 0.05) is 15.1 Å².